The monoisotopic (exact) mass is 365 g/mol. The van der Waals surface area contributed by atoms with Gasteiger partial charge in [0, 0.05) is 12.1 Å². The Bertz CT molecular complexity index is 850. The van der Waals surface area contributed by atoms with E-state index in [0.29, 0.717) is 5.92 Å². The van der Waals surface area contributed by atoms with Crippen molar-refractivity contribution in [3.63, 3.8) is 0 Å². The maximum Gasteiger partial charge on any atom is 0.138 e. The van der Waals surface area contributed by atoms with E-state index in [1.807, 2.05) is 12.1 Å². The van der Waals surface area contributed by atoms with Gasteiger partial charge in [0.15, 0.2) is 0 Å². The summed E-state index contributed by atoms with van der Waals surface area (Å²) in [5.74, 6) is 2.28. The molecule has 144 valence electrons. The van der Waals surface area contributed by atoms with Gasteiger partial charge in [0.25, 0.3) is 0 Å². The highest BCUT2D eigenvalue weighted by atomic mass is 16.5. The fourth-order valence-corrected chi connectivity index (χ4v) is 3.76. The van der Waals surface area contributed by atoms with Crippen molar-refractivity contribution in [3.8, 4) is 17.1 Å². The molecule has 0 saturated carbocycles. The molecule has 0 spiro atoms. The summed E-state index contributed by atoms with van der Waals surface area (Å²) in [6.07, 6.45) is 2.36. The van der Waals surface area contributed by atoms with E-state index in [2.05, 4.69) is 61.0 Å². The number of nitrogens with one attached hydrogen (secondary N) is 1. The topological polar surface area (TPSA) is 41.2 Å². The molecule has 0 fully saturated rings. The molecular formula is C23H31N3O. The summed E-state index contributed by atoms with van der Waals surface area (Å²) in [7, 11) is 1.69. The van der Waals surface area contributed by atoms with Gasteiger partial charge in [-0.1, -0.05) is 39.3 Å². The van der Waals surface area contributed by atoms with Crippen LogP contribution in [-0.4, -0.2) is 41.6 Å². The van der Waals surface area contributed by atoms with Crippen molar-refractivity contribution in [1.82, 2.24) is 14.9 Å². The number of fused-ring (bicyclic) bond motifs is 1. The average Bonchev–Trinajstić information content (AvgIpc) is 3.15. The number of hydrogen-bond acceptors (Lipinski definition) is 3. The van der Waals surface area contributed by atoms with Crippen LogP contribution in [0.2, 0.25) is 0 Å². The fraction of sp³-hybridized carbons (Fsp3) is 0.435. The van der Waals surface area contributed by atoms with Crippen molar-refractivity contribution < 1.29 is 4.74 Å². The van der Waals surface area contributed by atoms with Gasteiger partial charge in [-0.3, -0.25) is 0 Å². The lowest BCUT2D eigenvalue weighted by molar-refractivity contribution is 0.277. The van der Waals surface area contributed by atoms with Crippen LogP contribution in [0, 0.1) is 0 Å². The Kier molecular flexibility index (Phi) is 6.51. The number of likely N-dealkylation sites (N-methyl/N-ethyl adjacent to an activating group) is 1. The Morgan fingerprint density at radius 3 is 2.41 bits per heavy atom. The summed E-state index contributed by atoms with van der Waals surface area (Å²) in [5, 5.41) is 0. The second kappa shape index (κ2) is 9.05. The van der Waals surface area contributed by atoms with Crippen molar-refractivity contribution in [2.75, 3.05) is 26.7 Å². The zero-order valence-electron chi connectivity index (χ0n) is 17.0. The van der Waals surface area contributed by atoms with E-state index in [-0.39, 0.29) is 0 Å². The van der Waals surface area contributed by atoms with Gasteiger partial charge >= 0.3 is 0 Å². The van der Waals surface area contributed by atoms with Crippen LogP contribution in [0.25, 0.3) is 22.4 Å². The lowest BCUT2D eigenvalue weighted by Gasteiger charge is -2.25. The zero-order chi connectivity index (χ0) is 19.2. The third-order valence-corrected chi connectivity index (χ3v) is 5.36. The predicted molar refractivity (Wildman–Crippen MR) is 114 cm³/mol. The Labute approximate surface area is 162 Å². The SMILES string of the molecule is CCCC(CN(CC)CC)c1cccc2[nH]c(-c3ccc(OC)cc3)nc12. The quantitative estimate of drug-likeness (QED) is 0.547. The molecule has 1 aromatic heterocycles. The molecule has 1 heterocycles. The van der Waals surface area contributed by atoms with E-state index in [1.54, 1.807) is 7.11 Å². The van der Waals surface area contributed by atoms with E-state index in [1.165, 1.54) is 18.4 Å². The first-order valence-electron chi connectivity index (χ1n) is 10.1. The van der Waals surface area contributed by atoms with Gasteiger partial charge in [-0.2, -0.15) is 0 Å². The number of hydrogen-bond donors (Lipinski definition) is 1. The van der Waals surface area contributed by atoms with Gasteiger partial charge in [0.1, 0.15) is 11.6 Å². The van der Waals surface area contributed by atoms with Crippen LogP contribution in [-0.2, 0) is 0 Å². The van der Waals surface area contributed by atoms with Gasteiger partial charge < -0.3 is 14.6 Å². The first kappa shape index (κ1) is 19.4. The number of ether oxygens (including phenoxy) is 1. The summed E-state index contributed by atoms with van der Waals surface area (Å²) >= 11 is 0. The van der Waals surface area contributed by atoms with Gasteiger partial charge in [0.05, 0.1) is 18.1 Å². The molecule has 1 atom stereocenters. The van der Waals surface area contributed by atoms with E-state index in [4.69, 9.17) is 9.72 Å². The highest BCUT2D eigenvalue weighted by molar-refractivity contribution is 5.83. The van der Waals surface area contributed by atoms with Crippen LogP contribution < -0.4 is 4.74 Å². The largest absolute Gasteiger partial charge is 0.497 e. The molecule has 2 aromatic carbocycles. The summed E-state index contributed by atoms with van der Waals surface area (Å²) in [4.78, 5) is 11.0. The smallest absolute Gasteiger partial charge is 0.138 e. The standard InChI is InChI=1S/C23H31N3O/c1-5-9-18(16-26(6-2)7-3)20-10-8-11-21-22(20)25-23(24-21)17-12-14-19(27-4)15-13-17/h8,10-15,18H,5-7,9,16H2,1-4H3,(H,24,25). The van der Waals surface area contributed by atoms with Gasteiger partial charge in [0.2, 0.25) is 0 Å². The fourth-order valence-electron chi connectivity index (χ4n) is 3.76. The first-order valence-corrected chi connectivity index (χ1v) is 10.1. The molecule has 0 aliphatic rings. The van der Waals surface area contributed by atoms with Crippen molar-refractivity contribution in [2.24, 2.45) is 0 Å². The van der Waals surface area contributed by atoms with Crippen LogP contribution in [0.4, 0.5) is 0 Å². The summed E-state index contributed by atoms with van der Waals surface area (Å²) in [5.41, 5.74) is 4.65. The predicted octanol–water partition coefficient (Wildman–Crippen LogP) is 5.46. The highest BCUT2D eigenvalue weighted by Gasteiger charge is 2.19. The number of para-hydroxylation sites is 1. The second-order valence-corrected chi connectivity index (χ2v) is 7.03. The Balaban J connectivity index is 1.98. The number of aromatic amines is 1. The number of methoxy groups -OCH3 is 1. The third-order valence-electron chi connectivity index (χ3n) is 5.36. The van der Waals surface area contributed by atoms with E-state index >= 15 is 0 Å². The minimum atomic E-state index is 0.505. The number of imidazole rings is 1. The van der Waals surface area contributed by atoms with E-state index in [0.717, 1.165) is 47.8 Å². The average molecular weight is 366 g/mol. The molecule has 0 radical (unpaired) electrons. The second-order valence-electron chi connectivity index (χ2n) is 7.03. The number of aromatic nitrogens is 2. The van der Waals surface area contributed by atoms with E-state index < -0.39 is 0 Å². The molecule has 0 saturated heterocycles. The normalized spacial score (nSPS) is 12.6. The summed E-state index contributed by atoms with van der Waals surface area (Å²) in [6.45, 7) is 10.0. The minimum absolute atomic E-state index is 0.505. The molecule has 27 heavy (non-hydrogen) atoms. The van der Waals surface area contributed by atoms with E-state index in [9.17, 15) is 0 Å². The van der Waals surface area contributed by atoms with Crippen molar-refractivity contribution in [1.29, 1.82) is 0 Å². The molecule has 3 aromatic rings. The van der Waals surface area contributed by atoms with Crippen LogP contribution >= 0.6 is 0 Å². The van der Waals surface area contributed by atoms with Crippen LogP contribution in [0.15, 0.2) is 42.5 Å². The van der Waals surface area contributed by atoms with Crippen LogP contribution in [0.3, 0.4) is 0 Å². The van der Waals surface area contributed by atoms with Crippen molar-refractivity contribution in [2.45, 2.75) is 39.5 Å². The zero-order valence-corrected chi connectivity index (χ0v) is 17.0. The number of H-pyrrole nitrogens is 1. The maximum absolute atomic E-state index is 5.26. The lowest BCUT2D eigenvalue weighted by atomic mass is 9.92. The molecule has 1 N–H and O–H groups in total. The Morgan fingerprint density at radius 1 is 1.04 bits per heavy atom. The third kappa shape index (κ3) is 4.33. The number of benzene rings is 2. The molecule has 0 aliphatic carbocycles. The molecule has 4 nitrogen and oxygen atoms in total. The molecule has 0 amide bonds. The highest BCUT2D eigenvalue weighted by Crippen LogP contribution is 2.31. The maximum atomic E-state index is 5.26. The Morgan fingerprint density at radius 2 is 1.78 bits per heavy atom. The minimum Gasteiger partial charge on any atom is -0.497 e. The summed E-state index contributed by atoms with van der Waals surface area (Å²) < 4.78 is 5.26. The summed E-state index contributed by atoms with van der Waals surface area (Å²) in [6, 6.07) is 14.6. The molecule has 1 unspecified atom stereocenters. The van der Waals surface area contributed by atoms with Gasteiger partial charge in [-0.15, -0.1) is 0 Å². The van der Waals surface area contributed by atoms with Crippen molar-refractivity contribution in [3.05, 3.63) is 48.0 Å². The Hall–Kier alpha value is -2.33. The molecule has 3 rings (SSSR count). The van der Waals surface area contributed by atoms with Gasteiger partial charge in [-0.05, 0) is 61.3 Å². The molecule has 4 heteroatoms. The van der Waals surface area contributed by atoms with Gasteiger partial charge in [-0.25, -0.2) is 4.98 Å². The van der Waals surface area contributed by atoms with Crippen LogP contribution in [0.1, 0.15) is 45.1 Å². The number of rotatable bonds is 9. The molecule has 0 bridgehead atoms. The molecular weight excluding hydrogens is 334 g/mol. The number of nitrogens with zero attached hydrogens (tertiary/aromatic N) is 2. The van der Waals surface area contributed by atoms with Crippen LogP contribution in [0.5, 0.6) is 5.75 Å². The first-order chi connectivity index (χ1) is 13.2. The lowest BCUT2D eigenvalue weighted by Crippen LogP contribution is -2.28. The molecule has 0 aliphatic heterocycles. The van der Waals surface area contributed by atoms with Crippen molar-refractivity contribution >= 4 is 11.0 Å².